The average molecular weight is 492 g/mol. The molecule has 8 heteroatoms. The van der Waals surface area contributed by atoms with Crippen molar-refractivity contribution in [2.45, 2.75) is 13.5 Å². The first-order chi connectivity index (χ1) is 16.5. The average Bonchev–Trinajstić information content (AvgIpc) is 3.45. The number of oxazole rings is 1. The second-order valence-electron chi connectivity index (χ2n) is 7.56. The highest BCUT2D eigenvalue weighted by atomic mass is 35.5. The van der Waals surface area contributed by atoms with Crippen LogP contribution >= 0.6 is 23.2 Å². The smallest absolute Gasteiger partial charge is 0.269 e. The first-order valence-corrected chi connectivity index (χ1v) is 11.4. The quantitative estimate of drug-likeness (QED) is 0.237. The molecule has 2 aromatic carbocycles. The van der Waals surface area contributed by atoms with Gasteiger partial charge in [-0.1, -0.05) is 41.4 Å². The van der Waals surface area contributed by atoms with Crippen molar-refractivity contribution >= 4 is 39.9 Å². The molecule has 0 radical (unpaired) electrons. The van der Waals surface area contributed by atoms with E-state index < -0.39 is 5.78 Å². The van der Waals surface area contributed by atoms with Crippen LogP contribution in [0, 0.1) is 0 Å². The SMILES string of the molecule is CCOc1ccc2c(c1)c(C(=O)c1ncc(-c3ccccn3)o1)c(Cl)n2Cc1ccc(Cl)cc1. The van der Waals surface area contributed by atoms with Gasteiger partial charge in [0, 0.05) is 23.2 Å². The van der Waals surface area contributed by atoms with Gasteiger partial charge in [0.15, 0.2) is 5.76 Å². The molecular weight excluding hydrogens is 473 g/mol. The van der Waals surface area contributed by atoms with Crippen LogP contribution in [0.3, 0.4) is 0 Å². The van der Waals surface area contributed by atoms with E-state index in [-0.39, 0.29) is 5.89 Å². The Morgan fingerprint density at radius 2 is 1.88 bits per heavy atom. The van der Waals surface area contributed by atoms with Gasteiger partial charge >= 0.3 is 0 Å². The molecule has 0 spiro atoms. The number of fused-ring (bicyclic) bond motifs is 1. The second-order valence-corrected chi connectivity index (χ2v) is 8.36. The molecule has 0 aliphatic carbocycles. The van der Waals surface area contributed by atoms with Crippen LogP contribution < -0.4 is 4.74 Å². The van der Waals surface area contributed by atoms with Crippen LogP contribution in [-0.2, 0) is 6.54 Å². The fraction of sp³-hybridized carbons (Fsp3) is 0.115. The minimum Gasteiger partial charge on any atom is -0.494 e. The van der Waals surface area contributed by atoms with Crippen LogP contribution in [0.5, 0.6) is 5.75 Å². The lowest BCUT2D eigenvalue weighted by Gasteiger charge is -2.08. The summed E-state index contributed by atoms with van der Waals surface area (Å²) in [5.41, 5.74) is 2.68. The molecule has 0 unspecified atom stereocenters. The fourth-order valence-corrected chi connectivity index (χ4v) is 4.28. The Labute approximate surface area is 205 Å². The van der Waals surface area contributed by atoms with E-state index in [1.54, 1.807) is 18.3 Å². The molecule has 0 saturated heterocycles. The van der Waals surface area contributed by atoms with E-state index in [1.807, 2.05) is 60.0 Å². The van der Waals surface area contributed by atoms with Crippen LogP contribution in [0.2, 0.25) is 10.2 Å². The largest absolute Gasteiger partial charge is 0.494 e. The first kappa shape index (κ1) is 22.2. The summed E-state index contributed by atoms with van der Waals surface area (Å²) in [6, 6.07) is 18.5. The highest BCUT2D eigenvalue weighted by Gasteiger charge is 2.27. The standard InChI is InChI=1S/C26H19Cl2N3O3/c1-2-33-18-10-11-21-19(13-18)23(25(28)31(21)15-16-6-8-17(27)9-7-16)24(32)26-30-14-22(34-26)20-5-3-4-12-29-20/h3-14H,2,15H2,1H3. The van der Waals surface area contributed by atoms with Gasteiger partial charge in [-0.2, -0.15) is 0 Å². The third kappa shape index (κ3) is 4.18. The van der Waals surface area contributed by atoms with E-state index in [0.717, 1.165) is 11.1 Å². The van der Waals surface area contributed by atoms with E-state index in [1.165, 1.54) is 6.20 Å². The van der Waals surface area contributed by atoms with Gasteiger partial charge in [0.2, 0.25) is 0 Å². The summed E-state index contributed by atoms with van der Waals surface area (Å²) in [6.45, 7) is 2.86. The number of hydrogen-bond donors (Lipinski definition) is 0. The van der Waals surface area contributed by atoms with Crippen molar-refractivity contribution in [1.82, 2.24) is 14.5 Å². The molecule has 6 nitrogen and oxygen atoms in total. The number of ether oxygens (including phenoxy) is 1. The molecule has 5 aromatic rings. The molecule has 34 heavy (non-hydrogen) atoms. The third-order valence-electron chi connectivity index (χ3n) is 5.38. The van der Waals surface area contributed by atoms with Gasteiger partial charge in [-0.25, -0.2) is 4.98 Å². The van der Waals surface area contributed by atoms with Crippen molar-refractivity contribution in [3.8, 4) is 17.2 Å². The minimum absolute atomic E-state index is 0.0603. The number of benzene rings is 2. The first-order valence-electron chi connectivity index (χ1n) is 10.7. The molecule has 0 fully saturated rings. The fourth-order valence-electron chi connectivity index (χ4n) is 3.81. The van der Waals surface area contributed by atoms with E-state index in [9.17, 15) is 4.79 Å². The number of hydrogen-bond acceptors (Lipinski definition) is 5. The highest BCUT2D eigenvalue weighted by Crippen LogP contribution is 2.35. The van der Waals surface area contributed by atoms with Crippen LogP contribution in [-0.4, -0.2) is 26.9 Å². The number of nitrogens with zero attached hydrogens (tertiary/aromatic N) is 3. The predicted octanol–water partition coefficient (Wildman–Crippen LogP) is 6.68. The van der Waals surface area contributed by atoms with Gasteiger partial charge in [-0.3, -0.25) is 9.78 Å². The van der Waals surface area contributed by atoms with Crippen molar-refractivity contribution in [2.75, 3.05) is 6.61 Å². The van der Waals surface area contributed by atoms with Crippen LogP contribution in [0.25, 0.3) is 22.4 Å². The highest BCUT2D eigenvalue weighted by molar-refractivity contribution is 6.36. The third-order valence-corrected chi connectivity index (χ3v) is 6.03. The number of carbonyl (C=O) groups excluding carboxylic acids is 1. The summed E-state index contributed by atoms with van der Waals surface area (Å²) in [5.74, 6) is 0.571. The van der Waals surface area contributed by atoms with E-state index >= 15 is 0 Å². The molecule has 5 rings (SSSR count). The molecule has 0 N–H and O–H groups in total. The zero-order valence-corrected chi connectivity index (χ0v) is 19.7. The summed E-state index contributed by atoms with van der Waals surface area (Å²) in [6.07, 6.45) is 3.14. The second kappa shape index (κ2) is 9.33. The molecule has 0 saturated carbocycles. The molecule has 170 valence electrons. The zero-order chi connectivity index (χ0) is 23.7. The number of pyridine rings is 1. The Kier molecular flexibility index (Phi) is 6.09. The summed E-state index contributed by atoms with van der Waals surface area (Å²) >= 11 is 12.9. The molecule has 0 aliphatic heterocycles. The number of ketones is 1. The summed E-state index contributed by atoms with van der Waals surface area (Å²) < 4.78 is 13.3. The lowest BCUT2D eigenvalue weighted by molar-refractivity contribution is 0.100. The number of rotatable bonds is 7. The number of aromatic nitrogens is 3. The van der Waals surface area contributed by atoms with Gasteiger partial charge in [-0.05, 0) is 55.0 Å². The lowest BCUT2D eigenvalue weighted by atomic mass is 10.1. The maximum Gasteiger partial charge on any atom is 0.269 e. The van der Waals surface area contributed by atoms with E-state index in [4.69, 9.17) is 32.4 Å². The lowest BCUT2D eigenvalue weighted by Crippen LogP contribution is -2.04. The maximum atomic E-state index is 13.6. The zero-order valence-electron chi connectivity index (χ0n) is 18.2. The van der Waals surface area contributed by atoms with Crippen LogP contribution in [0.4, 0.5) is 0 Å². The maximum absolute atomic E-state index is 13.6. The van der Waals surface area contributed by atoms with E-state index in [2.05, 4.69) is 9.97 Å². The Morgan fingerprint density at radius 3 is 2.62 bits per heavy atom. The summed E-state index contributed by atoms with van der Waals surface area (Å²) in [5, 5.41) is 1.60. The van der Waals surface area contributed by atoms with Gasteiger partial charge in [0.1, 0.15) is 16.6 Å². The Balaban J connectivity index is 1.61. The monoisotopic (exact) mass is 491 g/mol. The number of carbonyl (C=O) groups is 1. The van der Waals surface area contributed by atoms with Crippen molar-refractivity contribution < 1.29 is 13.9 Å². The topological polar surface area (TPSA) is 70.2 Å². The Morgan fingerprint density at radius 1 is 1.06 bits per heavy atom. The molecular formula is C26H19Cl2N3O3. The Hall–Kier alpha value is -3.61. The van der Waals surface area contributed by atoms with Crippen molar-refractivity contribution in [3.05, 3.63) is 100 Å². The van der Waals surface area contributed by atoms with Gasteiger partial charge in [0.05, 0.1) is 23.9 Å². The van der Waals surface area contributed by atoms with Crippen LogP contribution in [0.15, 0.2) is 77.5 Å². The van der Waals surface area contributed by atoms with Gasteiger partial charge < -0.3 is 13.7 Å². The normalized spacial score (nSPS) is 11.1. The van der Waals surface area contributed by atoms with Crippen LogP contribution in [0.1, 0.15) is 28.7 Å². The summed E-state index contributed by atoms with van der Waals surface area (Å²) in [7, 11) is 0. The minimum atomic E-state index is -0.416. The Bertz CT molecular complexity index is 1480. The molecule has 0 bridgehead atoms. The van der Waals surface area contributed by atoms with E-state index in [0.29, 0.717) is 51.5 Å². The van der Waals surface area contributed by atoms with Crippen molar-refractivity contribution in [1.29, 1.82) is 0 Å². The molecule has 0 amide bonds. The van der Waals surface area contributed by atoms with Gasteiger partial charge in [0.25, 0.3) is 11.7 Å². The summed E-state index contributed by atoms with van der Waals surface area (Å²) in [4.78, 5) is 22.0. The molecule has 3 heterocycles. The van der Waals surface area contributed by atoms with Gasteiger partial charge in [-0.15, -0.1) is 0 Å². The number of halogens is 2. The van der Waals surface area contributed by atoms with Crippen molar-refractivity contribution in [3.63, 3.8) is 0 Å². The predicted molar refractivity (Wildman–Crippen MR) is 132 cm³/mol. The molecule has 0 aliphatic rings. The molecule has 3 aromatic heterocycles. The van der Waals surface area contributed by atoms with Crippen molar-refractivity contribution in [2.24, 2.45) is 0 Å². The molecule has 0 atom stereocenters.